The third kappa shape index (κ3) is 6.48. The van der Waals surface area contributed by atoms with Crippen molar-refractivity contribution in [1.82, 2.24) is 15.2 Å². The first kappa shape index (κ1) is 22.2. The van der Waals surface area contributed by atoms with Gasteiger partial charge in [0.25, 0.3) is 0 Å². The fourth-order valence-corrected chi connectivity index (χ4v) is 3.81. The number of aliphatic imine (C=N–C) groups is 1. The molecule has 0 unspecified atom stereocenters. The van der Waals surface area contributed by atoms with Crippen molar-refractivity contribution in [2.45, 2.75) is 64.2 Å². The Hall–Kier alpha value is -1.09. The van der Waals surface area contributed by atoms with Crippen LogP contribution >= 0.6 is 24.0 Å². The Balaban J connectivity index is 0.00000261. The topological polar surface area (TPSA) is 59.0 Å². The lowest BCUT2D eigenvalue weighted by Crippen LogP contribution is -2.46. The van der Waals surface area contributed by atoms with E-state index in [1.165, 1.54) is 12.8 Å². The van der Waals surface area contributed by atoms with Gasteiger partial charge in [-0.2, -0.15) is 0 Å². The van der Waals surface area contributed by atoms with Gasteiger partial charge in [0.2, 0.25) is 5.88 Å². The van der Waals surface area contributed by atoms with Gasteiger partial charge in [0.15, 0.2) is 5.96 Å². The van der Waals surface area contributed by atoms with E-state index in [-0.39, 0.29) is 24.0 Å². The fourth-order valence-electron chi connectivity index (χ4n) is 3.81. The molecule has 0 aromatic carbocycles. The monoisotopic (exact) mass is 488 g/mol. The first-order chi connectivity index (χ1) is 12.8. The Morgan fingerprint density at radius 3 is 2.63 bits per heavy atom. The van der Waals surface area contributed by atoms with Crippen LogP contribution < -0.4 is 10.1 Å². The highest BCUT2D eigenvalue weighted by Crippen LogP contribution is 2.25. The normalized spacial score (nSPS) is 19.0. The van der Waals surface area contributed by atoms with Gasteiger partial charge in [0.05, 0.1) is 6.10 Å². The molecule has 2 heterocycles. The van der Waals surface area contributed by atoms with Crippen LogP contribution in [-0.4, -0.2) is 54.8 Å². The summed E-state index contributed by atoms with van der Waals surface area (Å²) in [6.45, 7) is 5.48. The number of hydrogen-bond acceptors (Lipinski definition) is 4. The summed E-state index contributed by atoms with van der Waals surface area (Å²) in [6, 6.07) is 4.05. The van der Waals surface area contributed by atoms with E-state index in [1.807, 2.05) is 13.1 Å². The zero-order valence-electron chi connectivity index (χ0n) is 16.5. The summed E-state index contributed by atoms with van der Waals surface area (Å²) in [5.41, 5.74) is 1.09. The predicted molar refractivity (Wildman–Crippen MR) is 119 cm³/mol. The summed E-state index contributed by atoms with van der Waals surface area (Å²) in [5, 5.41) is 3.48. The number of guanidine groups is 1. The summed E-state index contributed by atoms with van der Waals surface area (Å²) < 4.78 is 11.9. The molecule has 1 N–H and O–H groups in total. The highest BCUT2D eigenvalue weighted by Gasteiger charge is 2.22. The van der Waals surface area contributed by atoms with Gasteiger partial charge in [-0.1, -0.05) is 6.07 Å². The van der Waals surface area contributed by atoms with Crippen molar-refractivity contribution in [3.63, 3.8) is 0 Å². The minimum atomic E-state index is 0. The molecule has 1 aliphatic carbocycles. The van der Waals surface area contributed by atoms with Gasteiger partial charge < -0.3 is 19.7 Å². The van der Waals surface area contributed by atoms with Crippen molar-refractivity contribution in [2.24, 2.45) is 4.99 Å². The molecule has 1 saturated heterocycles. The molecule has 7 heteroatoms. The van der Waals surface area contributed by atoms with E-state index < -0.39 is 0 Å². The van der Waals surface area contributed by atoms with Crippen LogP contribution in [0.1, 0.15) is 51.0 Å². The summed E-state index contributed by atoms with van der Waals surface area (Å²) in [6.07, 6.45) is 9.42. The van der Waals surface area contributed by atoms with Crippen molar-refractivity contribution in [2.75, 3.05) is 26.7 Å². The zero-order valence-corrected chi connectivity index (χ0v) is 18.9. The van der Waals surface area contributed by atoms with Gasteiger partial charge in [-0.05, 0) is 51.5 Å². The van der Waals surface area contributed by atoms with E-state index in [9.17, 15) is 0 Å². The van der Waals surface area contributed by atoms with Crippen LogP contribution in [0.5, 0.6) is 5.88 Å². The molecule has 0 amide bonds. The largest absolute Gasteiger partial charge is 0.474 e. The molecular formula is C20H33IN4O2. The molecule has 1 aliphatic heterocycles. The van der Waals surface area contributed by atoms with Crippen molar-refractivity contribution in [3.8, 4) is 5.88 Å². The quantitative estimate of drug-likeness (QED) is 0.377. The predicted octanol–water partition coefficient (Wildman–Crippen LogP) is 3.60. The van der Waals surface area contributed by atoms with E-state index in [2.05, 4.69) is 33.2 Å². The minimum absolute atomic E-state index is 0. The Kier molecular flexibility index (Phi) is 9.61. The van der Waals surface area contributed by atoms with Gasteiger partial charge in [0.1, 0.15) is 6.10 Å². The fraction of sp³-hybridized carbons (Fsp3) is 0.700. The standard InChI is InChI=1S/C20H32N4O2.HI/c1-3-25-17-10-13-24(14-11-17)20(21-2)23-15-16-7-6-12-22-19(16)26-18-8-4-5-9-18;/h6-7,12,17-18H,3-5,8-11,13-15H2,1-2H3,(H,21,23);1H. The Morgan fingerprint density at radius 2 is 1.96 bits per heavy atom. The molecule has 27 heavy (non-hydrogen) atoms. The SMILES string of the molecule is CCOC1CCN(C(=NC)NCc2cccnc2OC2CCCC2)CC1.I. The van der Waals surface area contributed by atoms with E-state index in [0.717, 1.165) is 62.8 Å². The maximum Gasteiger partial charge on any atom is 0.218 e. The molecule has 1 saturated carbocycles. The van der Waals surface area contributed by atoms with Crippen LogP contribution in [0.15, 0.2) is 23.3 Å². The second kappa shape index (κ2) is 11.7. The Bertz CT molecular complexity index is 585. The van der Waals surface area contributed by atoms with Gasteiger partial charge in [-0.25, -0.2) is 4.98 Å². The second-order valence-electron chi connectivity index (χ2n) is 7.03. The molecular weight excluding hydrogens is 455 g/mol. The highest BCUT2D eigenvalue weighted by atomic mass is 127. The number of nitrogens with one attached hydrogen (secondary N) is 1. The molecule has 2 aliphatic rings. The molecule has 1 aromatic heterocycles. The maximum atomic E-state index is 6.14. The summed E-state index contributed by atoms with van der Waals surface area (Å²) in [4.78, 5) is 11.2. The van der Waals surface area contributed by atoms with Crippen LogP contribution in [-0.2, 0) is 11.3 Å². The van der Waals surface area contributed by atoms with E-state index >= 15 is 0 Å². The van der Waals surface area contributed by atoms with E-state index in [4.69, 9.17) is 9.47 Å². The highest BCUT2D eigenvalue weighted by molar-refractivity contribution is 14.0. The minimum Gasteiger partial charge on any atom is -0.474 e. The average Bonchev–Trinajstić information content (AvgIpc) is 3.18. The molecule has 0 spiro atoms. The molecule has 152 valence electrons. The number of rotatable bonds is 6. The zero-order chi connectivity index (χ0) is 18.2. The van der Waals surface area contributed by atoms with Crippen LogP contribution in [0.25, 0.3) is 0 Å². The summed E-state index contributed by atoms with van der Waals surface area (Å²) in [7, 11) is 1.84. The van der Waals surface area contributed by atoms with Crippen LogP contribution in [0.3, 0.4) is 0 Å². The third-order valence-corrected chi connectivity index (χ3v) is 5.22. The van der Waals surface area contributed by atoms with Crippen molar-refractivity contribution < 1.29 is 9.47 Å². The second-order valence-corrected chi connectivity index (χ2v) is 7.03. The van der Waals surface area contributed by atoms with Gasteiger partial charge in [0, 0.05) is 45.0 Å². The lowest BCUT2D eigenvalue weighted by atomic mass is 10.1. The number of aromatic nitrogens is 1. The molecule has 0 bridgehead atoms. The lowest BCUT2D eigenvalue weighted by molar-refractivity contribution is 0.0263. The first-order valence-corrected chi connectivity index (χ1v) is 9.98. The van der Waals surface area contributed by atoms with Gasteiger partial charge in [-0.15, -0.1) is 24.0 Å². The average molecular weight is 488 g/mol. The van der Waals surface area contributed by atoms with Gasteiger partial charge in [-0.3, -0.25) is 4.99 Å². The molecule has 3 rings (SSSR count). The third-order valence-electron chi connectivity index (χ3n) is 5.22. The lowest BCUT2D eigenvalue weighted by Gasteiger charge is -2.34. The molecule has 1 aromatic rings. The maximum absolute atomic E-state index is 6.14. The van der Waals surface area contributed by atoms with Gasteiger partial charge >= 0.3 is 0 Å². The van der Waals surface area contributed by atoms with Crippen LogP contribution in [0, 0.1) is 0 Å². The number of piperidine rings is 1. The Labute approximate surface area is 180 Å². The number of ether oxygens (including phenoxy) is 2. The summed E-state index contributed by atoms with van der Waals surface area (Å²) >= 11 is 0. The molecule has 6 nitrogen and oxygen atoms in total. The van der Waals surface area contributed by atoms with E-state index in [1.54, 1.807) is 6.20 Å². The smallest absolute Gasteiger partial charge is 0.218 e. The summed E-state index contributed by atoms with van der Waals surface area (Å²) in [5.74, 6) is 1.70. The van der Waals surface area contributed by atoms with E-state index in [0.29, 0.717) is 18.8 Å². The number of hydrogen-bond donors (Lipinski definition) is 1. The first-order valence-electron chi connectivity index (χ1n) is 9.98. The van der Waals surface area contributed by atoms with Crippen LogP contribution in [0.4, 0.5) is 0 Å². The molecule has 0 atom stereocenters. The number of halogens is 1. The molecule has 0 radical (unpaired) electrons. The number of nitrogens with zero attached hydrogens (tertiary/aromatic N) is 3. The van der Waals surface area contributed by atoms with Crippen molar-refractivity contribution >= 4 is 29.9 Å². The molecule has 2 fully saturated rings. The van der Waals surface area contributed by atoms with Crippen molar-refractivity contribution in [3.05, 3.63) is 23.9 Å². The van der Waals surface area contributed by atoms with Crippen molar-refractivity contribution in [1.29, 1.82) is 0 Å². The Morgan fingerprint density at radius 1 is 1.22 bits per heavy atom. The van der Waals surface area contributed by atoms with Crippen LogP contribution in [0.2, 0.25) is 0 Å². The number of pyridine rings is 1. The number of likely N-dealkylation sites (tertiary alicyclic amines) is 1.